The molecule has 4 atom stereocenters. The first-order valence-electron chi connectivity index (χ1n) is 9.23. The average molecular weight is 330 g/mol. The summed E-state index contributed by atoms with van der Waals surface area (Å²) >= 11 is 0. The highest BCUT2D eigenvalue weighted by atomic mass is 16.5. The van der Waals surface area contributed by atoms with Gasteiger partial charge in [-0.25, -0.2) is 0 Å². The molecule has 0 aliphatic heterocycles. The molecule has 1 aliphatic rings. The topological polar surface area (TPSA) is 43.4 Å². The van der Waals surface area contributed by atoms with Gasteiger partial charge >= 0.3 is 5.97 Å². The van der Waals surface area contributed by atoms with Crippen LogP contribution in [0.2, 0.25) is 0 Å². The first-order valence-corrected chi connectivity index (χ1v) is 9.23. The van der Waals surface area contributed by atoms with Crippen molar-refractivity contribution in [2.45, 2.75) is 59.5 Å². The minimum Gasteiger partial charge on any atom is -0.462 e. The number of hydrogen-bond donors (Lipinski definition) is 0. The molecule has 0 amide bonds. The van der Waals surface area contributed by atoms with Gasteiger partial charge in [-0.3, -0.25) is 9.59 Å². The highest BCUT2D eigenvalue weighted by molar-refractivity contribution is 6.08. The van der Waals surface area contributed by atoms with E-state index in [1.54, 1.807) is 12.1 Å². The summed E-state index contributed by atoms with van der Waals surface area (Å²) in [6.07, 6.45) is 3.61. The molecule has 3 heteroatoms. The molecule has 0 saturated heterocycles. The van der Waals surface area contributed by atoms with Crippen molar-refractivity contribution in [1.82, 2.24) is 0 Å². The first-order chi connectivity index (χ1) is 11.4. The van der Waals surface area contributed by atoms with E-state index in [-0.39, 0.29) is 17.9 Å². The summed E-state index contributed by atoms with van der Waals surface area (Å²) in [7, 11) is 0. The Hall–Kier alpha value is -1.64. The van der Waals surface area contributed by atoms with Crippen molar-refractivity contribution < 1.29 is 14.3 Å². The third-order valence-corrected chi connectivity index (χ3v) is 5.30. The van der Waals surface area contributed by atoms with Gasteiger partial charge in [-0.1, -0.05) is 64.4 Å². The van der Waals surface area contributed by atoms with Crippen LogP contribution in [0.4, 0.5) is 0 Å². The van der Waals surface area contributed by atoms with Crippen LogP contribution in [-0.2, 0) is 9.53 Å². The van der Waals surface area contributed by atoms with Gasteiger partial charge in [-0.2, -0.15) is 0 Å². The van der Waals surface area contributed by atoms with Crippen molar-refractivity contribution in [2.24, 2.45) is 23.7 Å². The molecule has 2 rings (SSSR count). The lowest BCUT2D eigenvalue weighted by Gasteiger charge is -2.37. The van der Waals surface area contributed by atoms with E-state index in [1.807, 2.05) is 25.1 Å². The maximum Gasteiger partial charge on any atom is 0.317 e. The fourth-order valence-electron chi connectivity index (χ4n) is 3.74. The van der Waals surface area contributed by atoms with Crippen LogP contribution in [0.15, 0.2) is 30.3 Å². The lowest BCUT2D eigenvalue weighted by Crippen LogP contribution is -2.38. The first kappa shape index (κ1) is 18.7. The molecular formula is C21H30O3. The quantitative estimate of drug-likeness (QED) is 0.423. The molecular weight excluding hydrogens is 300 g/mol. The Morgan fingerprint density at radius 3 is 2.42 bits per heavy atom. The van der Waals surface area contributed by atoms with Crippen LogP contribution in [0, 0.1) is 23.7 Å². The molecule has 1 saturated carbocycles. The number of rotatable bonds is 6. The maximum atomic E-state index is 12.7. The van der Waals surface area contributed by atoms with Gasteiger partial charge in [0, 0.05) is 5.56 Å². The van der Waals surface area contributed by atoms with Gasteiger partial charge in [0.05, 0.1) is 0 Å². The molecule has 1 aromatic rings. The third-order valence-electron chi connectivity index (χ3n) is 5.30. The highest BCUT2D eigenvalue weighted by Gasteiger charge is 2.36. The Kier molecular flexibility index (Phi) is 6.59. The zero-order valence-electron chi connectivity index (χ0n) is 15.3. The van der Waals surface area contributed by atoms with Gasteiger partial charge in [0.25, 0.3) is 0 Å². The molecule has 0 unspecified atom stereocenters. The van der Waals surface area contributed by atoms with E-state index in [4.69, 9.17) is 4.74 Å². The summed E-state index contributed by atoms with van der Waals surface area (Å²) < 4.78 is 5.87. The summed E-state index contributed by atoms with van der Waals surface area (Å²) in [6.45, 7) is 8.46. The molecule has 0 spiro atoms. The van der Waals surface area contributed by atoms with E-state index >= 15 is 0 Å². The molecule has 1 aliphatic carbocycles. The minimum absolute atomic E-state index is 0.0566. The summed E-state index contributed by atoms with van der Waals surface area (Å²) in [5.41, 5.74) is 0.582. The second kappa shape index (κ2) is 8.46. The number of Topliss-reactive ketones (excluding diaryl/α,β-unsaturated/α-hetero) is 1. The molecule has 0 N–H and O–H groups in total. The fourth-order valence-corrected chi connectivity index (χ4v) is 3.74. The van der Waals surface area contributed by atoms with Crippen LogP contribution < -0.4 is 0 Å². The monoisotopic (exact) mass is 330 g/mol. The Labute approximate surface area is 145 Å². The maximum absolute atomic E-state index is 12.7. The summed E-state index contributed by atoms with van der Waals surface area (Å²) in [6, 6.07) is 9.04. The van der Waals surface area contributed by atoms with Crippen molar-refractivity contribution in [2.75, 3.05) is 0 Å². The summed E-state index contributed by atoms with van der Waals surface area (Å²) in [5.74, 6) is 0.277. The lowest BCUT2D eigenvalue weighted by molar-refractivity contribution is -0.159. The highest BCUT2D eigenvalue weighted by Crippen LogP contribution is 2.36. The van der Waals surface area contributed by atoms with Crippen LogP contribution in [0.1, 0.15) is 63.7 Å². The predicted octanol–water partition coefficient (Wildman–Crippen LogP) is 4.90. The van der Waals surface area contributed by atoms with E-state index in [9.17, 15) is 9.59 Å². The van der Waals surface area contributed by atoms with E-state index in [1.165, 1.54) is 6.42 Å². The number of esters is 1. The van der Waals surface area contributed by atoms with Gasteiger partial charge in [0.1, 0.15) is 12.0 Å². The molecule has 24 heavy (non-hydrogen) atoms. The zero-order chi connectivity index (χ0) is 17.7. The molecule has 1 aromatic carbocycles. The molecule has 132 valence electrons. The third kappa shape index (κ3) is 4.46. The molecule has 3 nitrogen and oxygen atoms in total. The molecule has 0 heterocycles. The number of carbonyl (C=O) groups excluding carboxylic acids is 2. The lowest BCUT2D eigenvalue weighted by atomic mass is 9.75. The SMILES string of the molecule is CC[C@H](C(=O)O[C@@H]1C[C@H](C)CC[C@@H]1C(C)C)C(=O)c1ccccc1. The van der Waals surface area contributed by atoms with Crippen molar-refractivity contribution in [3.8, 4) is 0 Å². The minimum atomic E-state index is -0.697. The van der Waals surface area contributed by atoms with Gasteiger partial charge in [0.2, 0.25) is 0 Å². The van der Waals surface area contributed by atoms with Gasteiger partial charge in [-0.15, -0.1) is 0 Å². The average Bonchev–Trinajstić information content (AvgIpc) is 2.56. The predicted molar refractivity (Wildman–Crippen MR) is 95.8 cm³/mol. The standard InChI is InChI=1S/C21H30O3/c1-5-17(20(22)16-9-7-6-8-10-16)21(23)24-19-13-15(4)11-12-18(19)14(2)3/h6-10,14-15,17-19H,5,11-13H2,1-4H3/t15-,17+,18-,19-/m1/s1. The van der Waals surface area contributed by atoms with E-state index in [2.05, 4.69) is 20.8 Å². The number of carbonyl (C=O) groups is 2. The number of hydrogen-bond acceptors (Lipinski definition) is 3. The van der Waals surface area contributed by atoms with Crippen LogP contribution in [-0.4, -0.2) is 17.9 Å². The van der Waals surface area contributed by atoms with Gasteiger partial charge in [-0.05, 0) is 37.0 Å². The Morgan fingerprint density at radius 2 is 1.83 bits per heavy atom. The largest absolute Gasteiger partial charge is 0.462 e. The van der Waals surface area contributed by atoms with Crippen molar-refractivity contribution >= 4 is 11.8 Å². The van der Waals surface area contributed by atoms with Crippen molar-refractivity contribution in [1.29, 1.82) is 0 Å². The van der Waals surface area contributed by atoms with Crippen LogP contribution in [0.25, 0.3) is 0 Å². The van der Waals surface area contributed by atoms with Crippen LogP contribution in [0.5, 0.6) is 0 Å². The fraction of sp³-hybridized carbons (Fsp3) is 0.619. The molecule has 0 bridgehead atoms. The second-order valence-corrected chi connectivity index (χ2v) is 7.49. The normalized spacial score (nSPS) is 25.3. The number of ketones is 1. The van der Waals surface area contributed by atoms with E-state index in [0.717, 1.165) is 12.8 Å². The van der Waals surface area contributed by atoms with Crippen molar-refractivity contribution in [3.63, 3.8) is 0 Å². The Bertz CT molecular complexity index is 549. The van der Waals surface area contributed by atoms with Crippen LogP contribution >= 0.6 is 0 Å². The number of ether oxygens (including phenoxy) is 1. The molecule has 1 fully saturated rings. The number of benzene rings is 1. The van der Waals surface area contributed by atoms with Crippen LogP contribution in [0.3, 0.4) is 0 Å². The Morgan fingerprint density at radius 1 is 1.17 bits per heavy atom. The molecule has 0 radical (unpaired) electrons. The molecule has 0 aromatic heterocycles. The zero-order valence-corrected chi connectivity index (χ0v) is 15.3. The second-order valence-electron chi connectivity index (χ2n) is 7.49. The Balaban J connectivity index is 2.09. The summed E-state index contributed by atoms with van der Waals surface area (Å²) in [5, 5.41) is 0. The van der Waals surface area contributed by atoms with E-state index in [0.29, 0.717) is 29.7 Å². The smallest absolute Gasteiger partial charge is 0.317 e. The van der Waals surface area contributed by atoms with Gasteiger partial charge in [0.15, 0.2) is 5.78 Å². The summed E-state index contributed by atoms with van der Waals surface area (Å²) in [4.78, 5) is 25.3. The van der Waals surface area contributed by atoms with Crippen molar-refractivity contribution in [3.05, 3.63) is 35.9 Å². The van der Waals surface area contributed by atoms with E-state index < -0.39 is 5.92 Å². The van der Waals surface area contributed by atoms with Gasteiger partial charge < -0.3 is 4.74 Å².